The molecule has 6 aromatic rings. The lowest BCUT2D eigenvalue weighted by molar-refractivity contribution is 0.649. The summed E-state index contributed by atoms with van der Waals surface area (Å²) in [5.74, 6) is 6.44. The van der Waals surface area contributed by atoms with Crippen LogP contribution in [-0.4, -0.2) is 15.0 Å². The van der Waals surface area contributed by atoms with Gasteiger partial charge in [0.05, 0.1) is 12.7 Å². The van der Waals surface area contributed by atoms with Crippen LogP contribution < -0.4 is 0 Å². The predicted molar refractivity (Wildman–Crippen MR) is 122 cm³/mol. The molecular weight excluding hydrogens is 366 g/mol. The van der Waals surface area contributed by atoms with Crippen LogP contribution in [-0.2, 0) is 6.54 Å². The fraction of sp³-hybridized carbons (Fsp3) is 0.0370. The van der Waals surface area contributed by atoms with Crippen molar-refractivity contribution in [3.05, 3.63) is 108 Å². The highest BCUT2D eigenvalue weighted by atomic mass is 15.4. The molecule has 0 aliphatic carbocycles. The van der Waals surface area contributed by atoms with Gasteiger partial charge in [0.1, 0.15) is 0 Å². The molecule has 5 aromatic carbocycles. The second-order valence-corrected chi connectivity index (χ2v) is 7.54. The predicted octanol–water partition coefficient (Wildman–Crippen LogP) is 5.62. The van der Waals surface area contributed by atoms with Gasteiger partial charge in [-0.05, 0) is 55.9 Å². The van der Waals surface area contributed by atoms with Crippen molar-refractivity contribution >= 4 is 32.3 Å². The molecule has 0 aliphatic rings. The first-order valence-corrected chi connectivity index (χ1v) is 9.97. The van der Waals surface area contributed by atoms with Crippen molar-refractivity contribution in [3.8, 4) is 11.8 Å². The van der Waals surface area contributed by atoms with Gasteiger partial charge in [0.25, 0.3) is 0 Å². The van der Waals surface area contributed by atoms with Gasteiger partial charge >= 0.3 is 0 Å². The summed E-state index contributed by atoms with van der Waals surface area (Å²) in [6, 6.07) is 29.8. The van der Waals surface area contributed by atoms with Gasteiger partial charge in [-0.3, -0.25) is 0 Å². The SMILES string of the molecule is C(#Cc1cn(Cc2ccccc2)nn1)c1cc2ccc3cccc4ccc(c1)c2c34. The Morgan fingerprint density at radius 2 is 1.33 bits per heavy atom. The third-order valence-electron chi connectivity index (χ3n) is 5.52. The molecule has 0 radical (unpaired) electrons. The minimum absolute atomic E-state index is 0.677. The molecule has 0 amide bonds. The number of benzene rings is 5. The molecule has 0 saturated carbocycles. The zero-order valence-electron chi connectivity index (χ0n) is 16.2. The van der Waals surface area contributed by atoms with Crippen LogP contribution in [0.1, 0.15) is 16.8 Å². The first kappa shape index (κ1) is 16.8. The van der Waals surface area contributed by atoms with Gasteiger partial charge in [0.2, 0.25) is 0 Å². The summed E-state index contributed by atoms with van der Waals surface area (Å²) in [4.78, 5) is 0. The first-order valence-electron chi connectivity index (χ1n) is 9.97. The number of aromatic nitrogens is 3. The van der Waals surface area contributed by atoms with Gasteiger partial charge in [-0.25, -0.2) is 4.68 Å². The molecule has 1 heterocycles. The fourth-order valence-electron chi connectivity index (χ4n) is 4.17. The second-order valence-electron chi connectivity index (χ2n) is 7.54. The van der Waals surface area contributed by atoms with Gasteiger partial charge in [-0.2, -0.15) is 0 Å². The molecule has 3 nitrogen and oxygen atoms in total. The number of nitrogens with zero attached hydrogens (tertiary/aromatic N) is 3. The van der Waals surface area contributed by atoms with E-state index in [1.807, 2.05) is 29.1 Å². The monoisotopic (exact) mass is 383 g/mol. The summed E-state index contributed by atoms with van der Waals surface area (Å²) in [5.41, 5.74) is 2.85. The van der Waals surface area contributed by atoms with E-state index in [1.165, 1.54) is 37.9 Å². The standard InChI is InChI=1S/C27H17N3/c1-2-5-19(6-3-1)17-30-18-25(28-29-30)14-9-20-15-23-12-10-21-7-4-8-22-11-13-24(16-20)27(23)26(21)22/h1-8,10-13,15-16,18H,17H2. The Labute approximate surface area is 173 Å². The highest BCUT2D eigenvalue weighted by molar-refractivity contribution is 6.23. The van der Waals surface area contributed by atoms with Gasteiger partial charge in [-0.15, -0.1) is 5.10 Å². The van der Waals surface area contributed by atoms with E-state index >= 15 is 0 Å². The quantitative estimate of drug-likeness (QED) is 0.287. The Morgan fingerprint density at radius 3 is 2.07 bits per heavy atom. The van der Waals surface area contributed by atoms with Crippen molar-refractivity contribution in [1.29, 1.82) is 0 Å². The largest absolute Gasteiger partial charge is 0.247 e. The molecule has 0 aliphatic heterocycles. The molecule has 0 atom stereocenters. The smallest absolute Gasteiger partial charge is 0.155 e. The van der Waals surface area contributed by atoms with E-state index in [-0.39, 0.29) is 0 Å². The molecule has 30 heavy (non-hydrogen) atoms. The summed E-state index contributed by atoms with van der Waals surface area (Å²) >= 11 is 0. The molecule has 0 bridgehead atoms. The van der Waals surface area contributed by atoms with Crippen LogP contribution in [0.2, 0.25) is 0 Å². The third-order valence-corrected chi connectivity index (χ3v) is 5.52. The van der Waals surface area contributed by atoms with Gasteiger partial charge < -0.3 is 0 Å². The highest BCUT2D eigenvalue weighted by Gasteiger charge is 2.08. The summed E-state index contributed by atoms with van der Waals surface area (Å²) in [7, 11) is 0. The lowest BCUT2D eigenvalue weighted by Crippen LogP contribution is -1.99. The minimum atomic E-state index is 0.677. The van der Waals surface area contributed by atoms with Crippen LogP contribution in [0.5, 0.6) is 0 Å². The molecule has 0 fully saturated rings. The maximum Gasteiger partial charge on any atom is 0.155 e. The molecule has 3 heteroatoms. The Morgan fingerprint density at radius 1 is 0.667 bits per heavy atom. The Balaban J connectivity index is 1.37. The Bertz CT molecular complexity index is 1500. The number of rotatable bonds is 2. The topological polar surface area (TPSA) is 30.7 Å². The van der Waals surface area contributed by atoms with Crippen LogP contribution in [0.25, 0.3) is 32.3 Å². The second kappa shape index (κ2) is 6.72. The summed E-state index contributed by atoms with van der Waals surface area (Å²) in [6.07, 6.45) is 1.89. The number of hydrogen-bond acceptors (Lipinski definition) is 2. The molecule has 6 rings (SSSR count). The lowest BCUT2D eigenvalue weighted by atomic mass is 9.93. The van der Waals surface area contributed by atoms with Crippen LogP contribution in [0.15, 0.2) is 91.1 Å². The number of hydrogen-bond donors (Lipinski definition) is 0. The molecule has 0 spiro atoms. The minimum Gasteiger partial charge on any atom is -0.247 e. The molecular formula is C27H17N3. The maximum absolute atomic E-state index is 4.21. The van der Waals surface area contributed by atoms with Gasteiger partial charge in [-0.1, -0.05) is 83.9 Å². The van der Waals surface area contributed by atoms with E-state index in [0.717, 1.165) is 5.56 Å². The average molecular weight is 383 g/mol. The average Bonchev–Trinajstić information content (AvgIpc) is 3.24. The van der Waals surface area contributed by atoms with E-state index in [2.05, 4.69) is 88.9 Å². The van der Waals surface area contributed by atoms with Crippen molar-refractivity contribution < 1.29 is 0 Å². The zero-order chi connectivity index (χ0) is 19.9. The van der Waals surface area contributed by atoms with Crippen LogP contribution in [0.4, 0.5) is 0 Å². The first-order chi connectivity index (χ1) is 14.8. The Kier molecular flexibility index (Phi) is 3.75. The van der Waals surface area contributed by atoms with E-state index < -0.39 is 0 Å². The molecule has 140 valence electrons. The van der Waals surface area contributed by atoms with E-state index in [0.29, 0.717) is 12.2 Å². The van der Waals surface area contributed by atoms with Gasteiger partial charge in [0, 0.05) is 5.56 Å². The maximum atomic E-state index is 4.21. The Hall–Kier alpha value is -4.16. The van der Waals surface area contributed by atoms with Crippen molar-refractivity contribution in [2.24, 2.45) is 0 Å². The van der Waals surface area contributed by atoms with Crippen LogP contribution in [0.3, 0.4) is 0 Å². The molecule has 0 saturated heterocycles. The molecule has 0 N–H and O–H groups in total. The molecule has 1 aromatic heterocycles. The summed E-state index contributed by atoms with van der Waals surface area (Å²) in [5, 5.41) is 16.0. The molecule has 0 unspecified atom stereocenters. The lowest BCUT2D eigenvalue weighted by Gasteiger charge is -2.10. The fourth-order valence-corrected chi connectivity index (χ4v) is 4.17. The summed E-state index contributed by atoms with van der Waals surface area (Å²) in [6.45, 7) is 0.690. The van der Waals surface area contributed by atoms with Crippen molar-refractivity contribution in [2.45, 2.75) is 6.54 Å². The van der Waals surface area contributed by atoms with Crippen LogP contribution >= 0.6 is 0 Å². The van der Waals surface area contributed by atoms with Crippen molar-refractivity contribution in [2.75, 3.05) is 0 Å². The third kappa shape index (κ3) is 2.87. The van der Waals surface area contributed by atoms with Gasteiger partial charge in [0.15, 0.2) is 5.69 Å². The van der Waals surface area contributed by atoms with E-state index in [4.69, 9.17) is 0 Å². The van der Waals surface area contributed by atoms with Crippen molar-refractivity contribution in [3.63, 3.8) is 0 Å². The normalized spacial score (nSPS) is 11.2. The van der Waals surface area contributed by atoms with Crippen LogP contribution in [0, 0.1) is 11.8 Å². The van der Waals surface area contributed by atoms with E-state index in [9.17, 15) is 0 Å². The zero-order valence-corrected chi connectivity index (χ0v) is 16.2. The summed E-state index contributed by atoms with van der Waals surface area (Å²) < 4.78 is 1.82. The van der Waals surface area contributed by atoms with E-state index in [1.54, 1.807) is 0 Å². The highest BCUT2D eigenvalue weighted by Crippen LogP contribution is 2.34. The van der Waals surface area contributed by atoms with Crippen molar-refractivity contribution in [1.82, 2.24) is 15.0 Å².